The zero-order chi connectivity index (χ0) is 16.1. The van der Waals surface area contributed by atoms with Crippen molar-refractivity contribution < 1.29 is 29.8 Å². The van der Waals surface area contributed by atoms with E-state index in [2.05, 4.69) is 15.0 Å². The Morgan fingerprint density at radius 1 is 1.10 bits per heavy atom. The molecule has 0 spiro atoms. The molecule has 0 saturated carbocycles. The minimum atomic E-state index is -0.872. The van der Waals surface area contributed by atoms with Gasteiger partial charge in [0.2, 0.25) is 0 Å². The SMILES string of the molecule is C/C(CC(C)C(=O)O)=N/O.COC(=O)CC/C(C)=N\O. The molecule has 8 heteroatoms. The highest BCUT2D eigenvalue weighted by molar-refractivity contribution is 5.85. The molecule has 0 bridgehead atoms. The van der Waals surface area contributed by atoms with Crippen LogP contribution < -0.4 is 0 Å². The molecule has 20 heavy (non-hydrogen) atoms. The number of oxime groups is 2. The van der Waals surface area contributed by atoms with Crippen molar-refractivity contribution in [1.82, 2.24) is 0 Å². The number of hydrogen-bond acceptors (Lipinski definition) is 7. The molecular formula is C12H22N2O6. The molecule has 0 saturated heterocycles. The number of hydrogen-bond donors (Lipinski definition) is 3. The average Bonchev–Trinajstić information content (AvgIpc) is 2.44. The molecule has 0 aliphatic rings. The van der Waals surface area contributed by atoms with Gasteiger partial charge >= 0.3 is 11.9 Å². The van der Waals surface area contributed by atoms with Crippen LogP contribution in [0.3, 0.4) is 0 Å². The lowest BCUT2D eigenvalue weighted by molar-refractivity contribution is -0.141. The molecule has 1 atom stereocenters. The van der Waals surface area contributed by atoms with Crippen molar-refractivity contribution in [3.05, 3.63) is 0 Å². The molecule has 3 N–H and O–H groups in total. The highest BCUT2D eigenvalue weighted by atomic mass is 16.5. The molecule has 0 radical (unpaired) electrons. The Morgan fingerprint density at radius 2 is 1.60 bits per heavy atom. The molecule has 0 fully saturated rings. The number of carbonyl (C=O) groups is 2. The molecule has 0 aliphatic carbocycles. The van der Waals surface area contributed by atoms with E-state index in [9.17, 15) is 9.59 Å². The first-order valence-corrected chi connectivity index (χ1v) is 5.93. The Hall–Kier alpha value is -2.12. The first-order chi connectivity index (χ1) is 9.28. The van der Waals surface area contributed by atoms with Crippen molar-refractivity contribution >= 4 is 23.4 Å². The zero-order valence-corrected chi connectivity index (χ0v) is 12.2. The number of ether oxygens (including phenoxy) is 1. The molecule has 0 aromatic carbocycles. The van der Waals surface area contributed by atoms with Gasteiger partial charge in [0.05, 0.1) is 30.9 Å². The van der Waals surface area contributed by atoms with Gasteiger partial charge in [0.1, 0.15) is 0 Å². The van der Waals surface area contributed by atoms with Crippen LogP contribution in [-0.2, 0) is 14.3 Å². The van der Waals surface area contributed by atoms with Crippen molar-refractivity contribution in [2.75, 3.05) is 7.11 Å². The standard InChI is InChI=1S/2C6H11NO3/c1-5(7-9)3-4-6(8)10-2;1-4(6(8)9)3-5(2)7-10/h9H,3-4H2,1-2H3;4,10H,3H2,1-2H3,(H,8,9)/b2*7-5-. The van der Waals surface area contributed by atoms with Gasteiger partial charge < -0.3 is 20.3 Å². The van der Waals surface area contributed by atoms with Gasteiger partial charge in [-0.25, -0.2) is 0 Å². The van der Waals surface area contributed by atoms with E-state index in [1.807, 2.05) is 0 Å². The number of rotatable bonds is 6. The number of esters is 1. The van der Waals surface area contributed by atoms with Crippen molar-refractivity contribution in [1.29, 1.82) is 0 Å². The summed E-state index contributed by atoms with van der Waals surface area (Å²) < 4.78 is 4.37. The van der Waals surface area contributed by atoms with Crippen molar-refractivity contribution in [3.8, 4) is 0 Å². The third kappa shape index (κ3) is 12.3. The molecule has 116 valence electrons. The van der Waals surface area contributed by atoms with E-state index >= 15 is 0 Å². The number of carboxylic acid groups (broad SMARTS) is 1. The predicted molar refractivity (Wildman–Crippen MR) is 72.5 cm³/mol. The second-order valence-corrected chi connectivity index (χ2v) is 4.19. The number of nitrogens with zero attached hydrogens (tertiary/aromatic N) is 2. The minimum Gasteiger partial charge on any atom is -0.481 e. The van der Waals surface area contributed by atoms with E-state index in [4.69, 9.17) is 15.5 Å². The largest absolute Gasteiger partial charge is 0.481 e. The van der Waals surface area contributed by atoms with Crippen molar-refractivity contribution in [3.63, 3.8) is 0 Å². The van der Waals surface area contributed by atoms with Crippen LogP contribution in [0.1, 0.15) is 40.0 Å². The number of carbonyl (C=O) groups excluding carboxylic acids is 1. The summed E-state index contributed by atoms with van der Waals surface area (Å²) >= 11 is 0. The maximum absolute atomic E-state index is 10.5. The molecule has 0 aliphatic heterocycles. The fourth-order valence-corrected chi connectivity index (χ4v) is 1.01. The molecular weight excluding hydrogens is 268 g/mol. The molecule has 1 unspecified atom stereocenters. The summed E-state index contributed by atoms with van der Waals surface area (Å²) in [6.45, 7) is 4.79. The lowest BCUT2D eigenvalue weighted by Crippen LogP contribution is -2.12. The van der Waals surface area contributed by atoms with Gasteiger partial charge in [-0.05, 0) is 20.3 Å². The average molecular weight is 290 g/mol. The van der Waals surface area contributed by atoms with Gasteiger partial charge in [-0.15, -0.1) is 0 Å². The highest BCUT2D eigenvalue weighted by Gasteiger charge is 2.11. The van der Waals surface area contributed by atoms with E-state index in [0.717, 1.165) is 0 Å². The summed E-state index contributed by atoms with van der Waals surface area (Å²) in [5, 5.41) is 30.5. The smallest absolute Gasteiger partial charge is 0.306 e. The van der Waals surface area contributed by atoms with Crippen LogP contribution >= 0.6 is 0 Å². The van der Waals surface area contributed by atoms with Gasteiger partial charge in [-0.3, -0.25) is 9.59 Å². The summed E-state index contributed by atoms with van der Waals surface area (Å²) in [6, 6.07) is 0. The quantitative estimate of drug-likeness (QED) is 0.296. The molecule has 0 heterocycles. The van der Waals surface area contributed by atoms with Crippen LogP contribution in [0.2, 0.25) is 0 Å². The van der Waals surface area contributed by atoms with Crippen LogP contribution in [-0.4, -0.2) is 46.0 Å². The minimum absolute atomic E-state index is 0.270. The first-order valence-electron chi connectivity index (χ1n) is 5.93. The summed E-state index contributed by atoms with van der Waals surface area (Å²) in [6.07, 6.45) is 1.02. The van der Waals surface area contributed by atoms with E-state index in [-0.39, 0.29) is 12.4 Å². The third-order valence-electron chi connectivity index (χ3n) is 2.28. The zero-order valence-electron chi connectivity index (χ0n) is 12.2. The predicted octanol–water partition coefficient (Wildman–Crippen LogP) is 1.74. The lowest BCUT2D eigenvalue weighted by Gasteiger charge is -2.02. The van der Waals surface area contributed by atoms with Crippen LogP contribution in [0, 0.1) is 5.92 Å². The van der Waals surface area contributed by atoms with Gasteiger partial charge in [-0.2, -0.15) is 0 Å². The molecule has 0 aromatic rings. The first kappa shape index (κ1) is 20.2. The van der Waals surface area contributed by atoms with Gasteiger partial charge in [0.15, 0.2) is 0 Å². The van der Waals surface area contributed by atoms with E-state index in [0.29, 0.717) is 24.3 Å². The molecule has 0 rings (SSSR count). The number of carboxylic acids is 1. The molecule has 8 nitrogen and oxygen atoms in total. The second kappa shape index (κ2) is 11.9. The number of methoxy groups -OCH3 is 1. The van der Waals surface area contributed by atoms with Gasteiger partial charge in [0, 0.05) is 6.42 Å². The van der Waals surface area contributed by atoms with Crippen molar-refractivity contribution in [2.24, 2.45) is 16.2 Å². The van der Waals surface area contributed by atoms with Crippen LogP contribution in [0.5, 0.6) is 0 Å². The Bertz CT molecular complexity index is 363. The Kier molecular flexibility index (Phi) is 12.1. The Balaban J connectivity index is 0. The van der Waals surface area contributed by atoms with Crippen molar-refractivity contribution in [2.45, 2.75) is 40.0 Å². The van der Waals surface area contributed by atoms with Gasteiger partial charge in [-0.1, -0.05) is 17.2 Å². The van der Waals surface area contributed by atoms with E-state index in [1.165, 1.54) is 7.11 Å². The highest BCUT2D eigenvalue weighted by Crippen LogP contribution is 2.02. The van der Waals surface area contributed by atoms with Crippen LogP contribution in [0.25, 0.3) is 0 Å². The Labute approximate surface area is 117 Å². The molecule has 0 aromatic heterocycles. The van der Waals surface area contributed by atoms with Crippen LogP contribution in [0.15, 0.2) is 10.3 Å². The molecule has 0 amide bonds. The fraction of sp³-hybridized carbons (Fsp3) is 0.667. The lowest BCUT2D eigenvalue weighted by atomic mass is 10.1. The Morgan fingerprint density at radius 3 is 1.95 bits per heavy atom. The normalized spacial score (nSPS) is 13.0. The summed E-state index contributed by atoms with van der Waals surface area (Å²) in [5.41, 5.74) is 0.973. The van der Waals surface area contributed by atoms with Crippen LogP contribution in [0.4, 0.5) is 0 Å². The maximum atomic E-state index is 10.5. The second-order valence-electron chi connectivity index (χ2n) is 4.19. The number of aliphatic carboxylic acids is 1. The topological polar surface area (TPSA) is 129 Å². The monoisotopic (exact) mass is 290 g/mol. The van der Waals surface area contributed by atoms with E-state index in [1.54, 1.807) is 20.8 Å². The fourth-order valence-electron chi connectivity index (χ4n) is 1.01. The summed E-state index contributed by atoms with van der Waals surface area (Å²) in [7, 11) is 1.33. The third-order valence-corrected chi connectivity index (χ3v) is 2.28. The maximum Gasteiger partial charge on any atom is 0.306 e. The van der Waals surface area contributed by atoms with E-state index < -0.39 is 11.9 Å². The van der Waals surface area contributed by atoms with Gasteiger partial charge in [0.25, 0.3) is 0 Å². The summed E-state index contributed by atoms with van der Waals surface area (Å²) in [5.74, 6) is -1.64. The summed E-state index contributed by atoms with van der Waals surface area (Å²) in [4.78, 5) is 20.7.